The Bertz CT molecular complexity index is 1340. The molecule has 7 nitrogen and oxygen atoms in total. The number of hydrogen-bond donors (Lipinski definition) is 1. The first-order valence-electron chi connectivity index (χ1n) is 11.6. The van der Waals surface area contributed by atoms with E-state index in [9.17, 15) is 4.39 Å². The molecule has 0 bridgehead atoms. The van der Waals surface area contributed by atoms with Crippen LogP contribution in [-0.4, -0.2) is 54.4 Å². The number of anilines is 2. The quantitative estimate of drug-likeness (QED) is 0.339. The van der Waals surface area contributed by atoms with Gasteiger partial charge in [-0.05, 0) is 29.8 Å². The van der Waals surface area contributed by atoms with E-state index in [4.69, 9.17) is 25.8 Å². The van der Waals surface area contributed by atoms with Crippen LogP contribution in [-0.2, 0) is 11.3 Å². The molecule has 2 heterocycles. The molecular formula is C27H26ClFN4O3. The topological polar surface area (TPSA) is 68.7 Å². The third-order valence-corrected chi connectivity index (χ3v) is 6.29. The smallest absolute Gasteiger partial charge is 0.162 e. The zero-order chi connectivity index (χ0) is 24.9. The minimum absolute atomic E-state index is 0.0258. The Balaban J connectivity index is 1.32. The molecule has 1 unspecified atom stereocenters. The van der Waals surface area contributed by atoms with Crippen LogP contribution in [0.5, 0.6) is 11.5 Å². The molecule has 9 heteroatoms. The van der Waals surface area contributed by atoms with Gasteiger partial charge in [0.25, 0.3) is 0 Å². The summed E-state index contributed by atoms with van der Waals surface area (Å²) < 4.78 is 31.3. The lowest BCUT2D eigenvalue weighted by Crippen LogP contribution is -2.44. The highest BCUT2D eigenvalue weighted by atomic mass is 35.5. The third kappa shape index (κ3) is 5.67. The van der Waals surface area contributed by atoms with Crippen LogP contribution in [0, 0.1) is 5.82 Å². The summed E-state index contributed by atoms with van der Waals surface area (Å²) >= 11 is 5.93. The lowest BCUT2D eigenvalue weighted by atomic mass is 10.2. The van der Waals surface area contributed by atoms with Crippen LogP contribution in [0.2, 0.25) is 5.02 Å². The normalized spacial score (nSPS) is 16.1. The molecule has 0 spiro atoms. The molecular weight excluding hydrogens is 483 g/mol. The molecule has 4 aromatic rings. The van der Waals surface area contributed by atoms with E-state index in [0.29, 0.717) is 41.7 Å². The van der Waals surface area contributed by atoms with E-state index >= 15 is 0 Å². The van der Waals surface area contributed by atoms with Crippen LogP contribution in [0.15, 0.2) is 67.0 Å². The van der Waals surface area contributed by atoms with Crippen LogP contribution in [0.4, 0.5) is 15.9 Å². The maximum atomic E-state index is 13.6. The van der Waals surface area contributed by atoms with Crippen LogP contribution in [0.25, 0.3) is 10.9 Å². The van der Waals surface area contributed by atoms with Gasteiger partial charge in [0.05, 0.1) is 24.3 Å². The zero-order valence-electron chi connectivity index (χ0n) is 19.8. The maximum Gasteiger partial charge on any atom is 0.162 e. The predicted octanol–water partition coefficient (Wildman–Crippen LogP) is 5.45. The fraction of sp³-hybridized carbons (Fsp3) is 0.259. The van der Waals surface area contributed by atoms with Gasteiger partial charge >= 0.3 is 0 Å². The second-order valence-corrected chi connectivity index (χ2v) is 8.93. The number of fused-ring (bicyclic) bond motifs is 1. The third-order valence-electron chi connectivity index (χ3n) is 6.00. The number of ether oxygens (including phenoxy) is 3. The van der Waals surface area contributed by atoms with Crippen molar-refractivity contribution in [3.8, 4) is 11.5 Å². The molecule has 5 rings (SSSR count). The SMILES string of the molecule is COc1cc2ncnc(Nc3ccc(F)c(Cl)c3)c2cc1OCC1CN(Cc2ccccc2)CCO1. The Morgan fingerprint density at radius 3 is 2.78 bits per heavy atom. The van der Waals surface area contributed by atoms with Crippen molar-refractivity contribution in [2.24, 2.45) is 0 Å². The van der Waals surface area contributed by atoms with E-state index in [1.807, 2.05) is 12.1 Å². The number of hydrogen-bond acceptors (Lipinski definition) is 7. The summed E-state index contributed by atoms with van der Waals surface area (Å²) in [5.41, 5.74) is 2.55. The molecule has 0 amide bonds. The van der Waals surface area contributed by atoms with Gasteiger partial charge in [-0.2, -0.15) is 0 Å². The van der Waals surface area contributed by atoms with Crippen LogP contribution < -0.4 is 14.8 Å². The van der Waals surface area contributed by atoms with Crippen LogP contribution in [0.3, 0.4) is 0 Å². The zero-order valence-corrected chi connectivity index (χ0v) is 20.5. The summed E-state index contributed by atoms with van der Waals surface area (Å²) in [6.45, 7) is 3.55. The molecule has 36 heavy (non-hydrogen) atoms. The van der Waals surface area contributed by atoms with Crippen molar-refractivity contribution < 1.29 is 18.6 Å². The molecule has 1 aliphatic rings. The van der Waals surface area contributed by atoms with E-state index in [1.165, 1.54) is 24.0 Å². The fourth-order valence-electron chi connectivity index (χ4n) is 4.20. The minimum atomic E-state index is -0.484. The van der Waals surface area contributed by atoms with Crippen LogP contribution >= 0.6 is 11.6 Å². The molecule has 3 aromatic carbocycles. The van der Waals surface area contributed by atoms with Gasteiger partial charge in [-0.15, -0.1) is 0 Å². The van der Waals surface area contributed by atoms with Gasteiger partial charge in [-0.1, -0.05) is 41.9 Å². The van der Waals surface area contributed by atoms with E-state index in [-0.39, 0.29) is 11.1 Å². The standard InChI is InChI=1S/C27H26ClFN4O3/c1-34-25-13-24-21(27(31-17-30-24)32-19-7-8-23(29)22(28)11-19)12-26(25)36-16-20-15-33(9-10-35-20)14-18-5-3-2-4-6-18/h2-8,11-13,17,20H,9-10,14-16H2,1H3,(H,30,31,32). The van der Waals surface area contributed by atoms with Crippen LogP contribution in [0.1, 0.15) is 5.56 Å². The predicted molar refractivity (Wildman–Crippen MR) is 138 cm³/mol. The Labute approximate surface area is 213 Å². The average molecular weight is 509 g/mol. The maximum absolute atomic E-state index is 13.6. The summed E-state index contributed by atoms with van der Waals surface area (Å²) in [6.07, 6.45) is 1.38. The summed E-state index contributed by atoms with van der Waals surface area (Å²) in [4.78, 5) is 11.1. The van der Waals surface area contributed by atoms with Crippen molar-refractivity contribution in [3.63, 3.8) is 0 Å². The molecule has 0 saturated carbocycles. The lowest BCUT2D eigenvalue weighted by Gasteiger charge is -2.32. The van der Waals surface area contributed by atoms with Crippen molar-refractivity contribution in [2.75, 3.05) is 38.7 Å². The number of nitrogens with zero attached hydrogens (tertiary/aromatic N) is 3. The average Bonchev–Trinajstić information content (AvgIpc) is 2.90. The fourth-order valence-corrected chi connectivity index (χ4v) is 4.38. The molecule has 1 atom stereocenters. The first kappa shape index (κ1) is 24.2. The summed E-state index contributed by atoms with van der Waals surface area (Å²) in [5.74, 6) is 1.18. The van der Waals surface area contributed by atoms with Crippen molar-refractivity contribution in [2.45, 2.75) is 12.6 Å². The number of aromatic nitrogens is 2. The van der Waals surface area contributed by atoms with Crippen molar-refractivity contribution >= 4 is 34.0 Å². The monoisotopic (exact) mass is 508 g/mol. The molecule has 1 saturated heterocycles. The number of benzene rings is 3. The van der Waals surface area contributed by atoms with Gasteiger partial charge in [-0.25, -0.2) is 14.4 Å². The summed E-state index contributed by atoms with van der Waals surface area (Å²) in [5, 5.41) is 3.94. The Hall–Kier alpha value is -3.46. The van der Waals surface area contributed by atoms with Gasteiger partial charge in [0.2, 0.25) is 0 Å². The highest BCUT2D eigenvalue weighted by Gasteiger charge is 2.22. The van der Waals surface area contributed by atoms with E-state index < -0.39 is 5.82 Å². The summed E-state index contributed by atoms with van der Waals surface area (Å²) in [6, 6.07) is 18.5. The molecule has 1 fully saturated rings. The number of morpholine rings is 1. The van der Waals surface area contributed by atoms with Crippen molar-refractivity contribution in [3.05, 3.63) is 83.4 Å². The Morgan fingerprint density at radius 1 is 1.11 bits per heavy atom. The minimum Gasteiger partial charge on any atom is -0.493 e. The number of halogens is 2. The molecule has 0 aliphatic carbocycles. The highest BCUT2D eigenvalue weighted by molar-refractivity contribution is 6.31. The second kappa shape index (κ2) is 11.1. The van der Waals surface area contributed by atoms with Gasteiger partial charge < -0.3 is 19.5 Å². The highest BCUT2D eigenvalue weighted by Crippen LogP contribution is 2.35. The molecule has 186 valence electrons. The largest absolute Gasteiger partial charge is 0.493 e. The second-order valence-electron chi connectivity index (χ2n) is 8.52. The van der Waals surface area contributed by atoms with Gasteiger partial charge in [0.15, 0.2) is 11.5 Å². The molecule has 1 aromatic heterocycles. The first-order chi connectivity index (χ1) is 17.6. The van der Waals surface area contributed by atoms with E-state index in [0.717, 1.165) is 25.0 Å². The van der Waals surface area contributed by atoms with Gasteiger partial charge in [-0.3, -0.25) is 4.90 Å². The number of methoxy groups -OCH3 is 1. The van der Waals surface area contributed by atoms with E-state index in [2.05, 4.69) is 44.5 Å². The van der Waals surface area contributed by atoms with Gasteiger partial charge in [0, 0.05) is 36.8 Å². The van der Waals surface area contributed by atoms with Crippen molar-refractivity contribution in [1.29, 1.82) is 0 Å². The number of rotatable bonds is 8. The number of nitrogens with one attached hydrogen (secondary N) is 1. The van der Waals surface area contributed by atoms with E-state index in [1.54, 1.807) is 19.2 Å². The molecule has 1 aliphatic heterocycles. The molecule has 0 radical (unpaired) electrons. The first-order valence-corrected chi connectivity index (χ1v) is 12.0. The molecule has 1 N–H and O–H groups in total. The van der Waals surface area contributed by atoms with Gasteiger partial charge in [0.1, 0.15) is 30.7 Å². The Kier molecular flexibility index (Phi) is 7.46. The lowest BCUT2D eigenvalue weighted by molar-refractivity contribution is -0.0506. The Morgan fingerprint density at radius 2 is 1.97 bits per heavy atom. The summed E-state index contributed by atoms with van der Waals surface area (Å²) in [7, 11) is 1.59. The van der Waals surface area contributed by atoms with Crippen molar-refractivity contribution in [1.82, 2.24) is 14.9 Å².